The number of H-pyrrole nitrogens is 1. The molecule has 0 aliphatic heterocycles. The van der Waals surface area contributed by atoms with Gasteiger partial charge in [0.15, 0.2) is 0 Å². The summed E-state index contributed by atoms with van der Waals surface area (Å²) in [4.78, 5) is 8.24. The molecule has 0 aliphatic carbocycles. The number of hydrogen-bond acceptors (Lipinski definition) is 1. The van der Waals surface area contributed by atoms with Gasteiger partial charge in [0.25, 0.3) is 0 Å². The summed E-state index contributed by atoms with van der Waals surface area (Å²) in [6.07, 6.45) is 0. The van der Waals surface area contributed by atoms with Crippen LogP contribution in [0.5, 0.6) is 0 Å². The molecule has 256 valence electrons. The zero-order valence-corrected chi connectivity index (χ0v) is 30.0. The molecule has 1 heterocycles. The summed E-state index contributed by atoms with van der Waals surface area (Å²) < 4.78 is 0. The molecule has 1 aromatic heterocycles. The van der Waals surface area contributed by atoms with E-state index in [0.717, 1.165) is 22.4 Å². The second kappa shape index (κ2) is 12.7. The molecule has 55 heavy (non-hydrogen) atoms. The predicted octanol–water partition coefficient (Wildman–Crippen LogP) is 14.5. The minimum atomic E-state index is 0.888. The lowest BCUT2D eigenvalue weighted by Crippen LogP contribution is -1.92. The third-order valence-corrected chi connectivity index (χ3v) is 11.2. The molecule has 0 fully saturated rings. The fraction of sp³-hybridized carbons (Fsp3) is 0. The summed E-state index contributed by atoms with van der Waals surface area (Å²) >= 11 is 0. The Labute approximate surface area is 319 Å². The Bertz CT molecular complexity index is 3210. The molecule has 0 spiro atoms. The van der Waals surface area contributed by atoms with Crippen molar-refractivity contribution in [2.45, 2.75) is 0 Å². The number of imidazole rings is 1. The van der Waals surface area contributed by atoms with Gasteiger partial charge in [-0.25, -0.2) is 4.98 Å². The second-order valence-electron chi connectivity index (χ2n) is 14.4. The Balaban J connectivity index is 1.05. The van der Waals surface area contributed by atoms with Gasteiger partial charge in [0.05, 0.1) is 11.0 Å². The number of aromatic amines is 1. The van der Waals surface area contributed by atoms with Gasteiger partial charge in [-0.15, -0.1) is 0 Å². The average Bonchev–Trinajstić information content (AvgIpc) is 3.70. The number of benzene rings is 10. The van der Waals surface area contributed by atoms with Gasteiger partial charge in [-0.3, -0.25) is 0 Å². The van der Waals surface area contributed by atoms with Gasteiger partial charge in [-0.1, -0.05) is 170 Å². The van der Waals surface area contributed by atoms with Crippen LogP contribution in [-0.4, -0.2) is 9.97 Å². The van der Waals surface area contributed by atoms with E-state index in [2.05, 4.69) is 187 Å². The van der Waals surface area contributed by atoms with Crippen LogP contribution in [0.4, 0.5) is 0 Å². The Kier molecular flexibility index (Phi) is 7.21. The van der Waals surface area contributed by atoms with Crippen molar-refractivity contribution in [3.63, 3.8) is 0 Å². The zero-order valence-electron chi connectivity index (χ0n) is 30.0. The standard InChI is InChI=1S/C53H34N2/c1-3-11-40-31-43(27-23-34(40)9-1)51-45-13-5-6-14-46(45)52(44-28-24-35-10-2-4-12-41(35)32-44)48-33-42(29-30-47(48)51)38-19-17-36(18-20-38)37-21-25-39(26-22-37)53-54-49-15-7-8-16-50(49)55-53/h1-33H,(H,54,55). The van der Waals surface area contributed by atoms with Crippen molar-refractivity contribution < 1.29 is 0 Å². The average molecular weight is 699 g/mol. The van der Waals surface area contributed by atoms with E-state index in [1.54, 1.807) is 0 Å². The molecule has 1 N–H and O–H groups in total. The summed E-state index contributed by atoms with van der Waals surface area (Å²) in [5.74, 6) is 0.888. The van der Waals surface area contributed by atoms with Crippen LogP contribution in [0, 0.1) is 0 Å². The van der Waals surface area contributed by atoms with E-state index in [1.807, 2.05) is 18.2 Å². The number of fused-ring (bicyclic) bond motifs is 5. The van der Waals surface area contributed by atoms with Crippen molar-refractivity contribution in [3.8, 4) is 55.9 Å². The summed E-state index contributed by atoms with van der Waals surface area (Å²) in [5.41, 5.74) is 12.8. The molecule has 0 saturated heterocycles. The highest BCUT2D eigenvalue weighted by Crippen LogP contribution is 2.46. The van der Waals surface area contributed by atoms with E-state index in [0.29, 0.717) is 0 Å². The highest BCUT2D eigenvalue weighted by Gasteiger charge is 2.18. The smallest absolute Gasteiger partial charge is 0.138 e. The van der Waals surface area contributed by atoms with Crippen molar-refractivity contribution >= 4 is 54.1 Å². The van der Waals surface area contributed by atoms with Crippen LogP contribution in [-0.2, 0) is 0 Å². The van der Waals surface area contributed by atoms with E-state index in [-0.39, 0.29) is 0 Å². The highest BCUT2D eigenvalue weighted by atomic mass is 14.9. The number of nitrogens with one attached hydrogen (secondary N) is 1. The number of nitrogens with zero attached hydrogens (tertiary/aromatic N) is 1. The predicted molar refractivity (Wildman–Crippen MR) is 233 cm³/mol. The van der Waals surface area contributed by atoms with E-state index in [4.69, 9.17) is 4.98 Å². The maximum atomic E-state index is 4.79. The van der Waals surface area contributed by atoms with Gasteiger partial charge >= 0.3 is 0 Å². The molecule has 2 nitrogen and oxygen atoms in total. The number of hydrogen-bond donors (Lipinski definition) is 1. The van der Waals surface area contributed by atoms with Gasteiger partial charge < -0.3 is 4.98 Å². The minimum Gasteiger partial charge on any atom is -0.338 e. The van der Waals surface area contributed by atoms with Crippen molar-refractivity contribution in [2.75, 3.05) is 0 Å². The lowest BCUT2D eigenvalue weighted by molar-refractivity contribution is 1.34. The summed E-state index contributed by atoms with van der Waals surface area (Å²) in [5, 5.41) is 10.0. The highest BCUT2D eigenvalue weighted by molar-refractivity contribution is 6.22. The molecule has 0 saturated carbocycles. The second-order valence-corrected chi connectivity index (χ2v) is 14.4. The lowest BCUT2D eigenvalue weighted by atomic mass is 9.84. The first kappa shape index (κ1) is 31.3. The van der Waals surface area contributed by atoms with Crippen LogP contribution in [0.15, 0.2) is 200 Å². The van der Waals surface area contributed by atoms with Gasteiger partial charge in [0.1, 0.15) is 5.82 Å². The molecular weight excluding hydrogens is 665 g/mol. The van der Waals surface area contributed by atoms with Crippen molar-refractivity contribution in [1.29, 1.82) is 0 Å². The van der Waals surface area contributed by atoms with Crippen molar-refractivity contribution in [2.24, 2.45) is 0 Å². The van der Waals surface area contributed by atoms with Crippen LogP contribution in [0.2, 0.25) is 0 Å². The molecule has 0 aliphatic rings. The van der Waals surface area contributed by atoms with Gasteiger partial charge in [-0.2, -0.15) is 0 Å². The van der Waals surface area contributed by atoms with E-state index < -0.39 is 0 Å². The molecule has 0 unspecified atom stereocenters. The minimum absolute atomic E-state index is 0.888. The molecule has 0 atom stereocenters. The van der Waals surface area contributed by atoms with Gasteiger partial charge in [0.2, 0.25) is 0 Å². The summed E-state index contributed by atoms with van der Waals surface area (Å²) in [7, 11) is 0. The third-order valence-electron chi connectivity index (χ3n) is 11.2. The fourth-order valence-electron chi connectivity index (χ4n) is 8.43. The van der Waals surface area contributed by atoms with Crippen LogP contribution in [0.3, 0.4) is 0 Å². The Morgan fingerprint density at radius 3 is 1.33 bits per heavy atom. The molecule has 0 amide bonds. The van der Waals surface area contributed by atoms with Crippen LogP contribution < -0.4 is 0 Å². The van der Waals surface area contributed by atoms with E-state index in [1.165, 1.54) is 87.6 Å². The SMILES string of the molecule is c1ccc2cc(-c3c4ccccc4c(-c4ccc5ccccc5c4)c4cc(-c5ccc(-c6ccc(-c7nc8ccccc8[nH]7)cc6)cc5)ccc34)ccc2c1. The molecule has 2 heteroatoms. The fourth-order valence-corrected chi connectivity index (χ4v) is 8.43. The maximum absolute atomic E-state index is 4.79. The molecule has 10 aromatic carbocycles. The molecule has 11 rings (SSSR count). The zero-order chi connectivity index (χ0) is 36.3. The monoisotopic (exact) mass is 698 g/mol. The normalized spacial score (nSPS) is 11.6. The van der Waals surface area contributed by atoms with Crippen LogP contribution >= 0.6 is 0 Å². The van der Waals surface area contributed by atoms with E-state index >= 15 is 0 Å². The Morgan fingerprint density at radius 1 is 0.291 bits per heavy atom. The summed E-state index contributed by atoms with van der Waals surface area (Å²) in [6, 6.07) is 72.9. The first-order valence-corrected chi connectivity index (χ1v) is 18.9. The first-order chi connectivity index (χ1) is 27.2. The van der Waals surface area contributed by atoms with Gasteiger partial charge in [0, 0.05) is 5.56 Å². The topological polar surface area (TPSA) is 28.7 Å². The van der Waals surface area contributed by atoms with Crippen LogP contribution in [0.1, 0.15) is 0 Å². The molecule has 0 radical (unpaired) electrons. The lowest BCUT2D eigenvalue weighted by Gasteiger charge is -2.19. The Morgan fingerprint density at radius 2 is 0.727 bits per heavy atom. The Hall–Kier alpha value is -7.29. The van der Waals surface area contributed by atoms with Crippen molar-refractivity contribution in [3.05, 3.63) is 200 Å². The molecule has 0 bridgehead atoms. The largest absolute Gasteiger partial charge is 0.338 e. The third kappa shape index (κ3) is 5.38. The molecule has 11 aromatic rings. The van der Waals surface area contributed by atoms with Crippen LogP contribution in [0.25, 0.3) is 110 Å². The number of aromatic nitrogens is 2. The summed E-state index contributed by atoms with van der Waals surface area (Å²) in [6.45, 7) is 0. The first-order valence-electron chi connectivity index (χ1n) is 18.9. The number of rotatable bonds is 5. The molecular formula is C53H34N2. The van der Waals surface area contributed by atoms with Gasteiger partial charge in [-0.05, 0) is 118 Å². The van der Waals surface area contributed by atoms with Crippen molar-refractivity contribution in [1.82, 2.24) is 9.97 Å². The number of para-hydroxylation sites is 2. The maximum Gasteiger partial charge on any atom is 0.138 e. The quantitative estimate of drug-likeness (QED) is 0.178. The van der Waals surface area contributed by atoms with E-state index in [9.17, 15) is 0 Å².